The molecule has 0 aromatic heterocycles. The molecule has 0 atom stereocenters. The van der Waals surface area contributed by atoms with Crippen molar-refractivity contribution in [1.82, 2.24) is 10.6 Å². The molecule has 8 heteroatoms. The van der Waals surface area contributed by atoms with Crippen molar-refractivity contribution in [2.75, 3.05) is 26.0 Å². The van der Waals surface area contributed by atoms with Crippen LogP contribution in [0.5, 0.6) is 0 Å². The molecule has 1 amide bonds. The summed E-state index contributed by atoms with van der Waals surface area (Å²) >= 11 is 6.15. The summed E-state index contributed by atoms with van der Waals surface area (Å²) in [7, 11) is 3.10. The molecule has 1 saturated carbocycles. The van der Waals surface area contributed by atoms with Crippen LogP contribution in [-0.4, -0.2) is 32.8 Å². The highest BCUT2D eigenvalue weighted by Crippen LogP contribution is 2.48. The zero-order chi connectivity index (χ0) is 20.0. The number of guanidine groups is 1. The van der Waals surface area contributed by atoms with Gasteiger partial charge in [-0.1, -0.05) is 35.9 Å². The van der Waals surface area contributed by atoms with Crippen molar-refractivity contribution in [1.29, 1.82) is 0 Å². The second-order valence-electron chi connectivity index (χ2n) is 6.88. The Morgan fingerprint density at radius 2 is 1.90 bits per heavy atom. The summed E-state index contributed by atoms with van der Waals surface area (Å²) in [4.78, 5) is 15.5. The maximum atomic E-state index is 11.2. The first-order chi connectivity index (χ1) is 13.5. The van der Waals surface area contributed by atoms with E-state index >= 15 is 0 Å². The standard InChI is InChI=1S/C21H25ClN4O2.HI/c1-23-19(24-13-15-6-8-18(9-7-15)26-20(27)28-2)25-14-21(10-11-21)16-4-3-5-17(22)12-16;/h3-9,12H,10-11,13-14H2,1-2H3,(H,26,27)(H2,23,24,25);1H. The molecule has 0 heterocycles. The first kappa shape index (κ1) is 23.3. The molecule has 0 radical (unpaired) electrons. The van der Waals surface area contributed by atoms with Crippen molar-refractivity contribution in [3.8, 4) is 0 Å². The summed E-state index contributed by atoms with van der Waals surface area (Å²) in [6.07, 6.45) is 1.81. The summed E-state index contributed by atoms with van der Waals surface area (Å²) in [6, 6.07) is 15.7. The van der Waals surface area contributed by atoms with Crippen LogP contribution in [0.15, 0.2) is 53.5 Å². The van der Waals surface area contributed by atoms with Crippen LogP contribution >= 0.6 is 35.6 Å². The van der Waals surface area contributed by atoms with E-state index in [1.165, 1.54) is 12.7 Å². The van der Waals surface area contributed by atoms with Gasteiger partial charge in [-0.3, -0.25) is 10.3 Å². The van der Waals surface area contributed by atoms with E-state index in [4.69, 9.17) is 11.6 Å². The Morgan fingerprint density at radius 1 is 1.17 bits per heavy atom. The molecule has 1 aliphatic carbocycles. The predicted octanol–water partition coefficient (Wildman–Crippen LogP) is 4.53. The number of ether oxygens (including phenoxy) is 1. The fourth-order valence-corrected chi connectivity index (χ4v) is 3.26. The SMILES string of the molecule is CN=C(NCc1ccc(NC(=O)OC)cc1)NCC1(c2cccc(Cl)c2)CC1.I. The molecule has 2 aromatic carbocycles. The lowest BCUT2D eigenvalue weighted by Crippen LogP contribution is -2.40. The first-order valence-corrected chi connectivity index (χ1v) is 9.57. The number of anilines is 1. The summed E-state index contributed by atoms with van der Waals surface area (Å²) in [5.74, 6) is 0.755. The minimum atomic E-state index is -0.482. The lowest BCUT2D eigenvalue weighted by Gasteiger charge is -2.19. The molecule has 29 heavy (non-hydrogen) atoms. The number of carbonyl (C=O) groups excluding carboxylic acids is 1. The van der Waals surface area contributed by atoms with Gasteiger partial charge < -0.3 is 15.4 Å². The molecule has 156 valence electrons. The van der Waals surface area contributed by atoms with Crippen LogP contribution in [0.4, 0.5) is 10.5 Å². The van der Waals surface area contributed by atoms with Crippen LogP contribution < -0.4 is 16.0 Å². The molecular weight excluding hydrogens is 503 g/mol. The number of nitrogens with one attached hydrogen (secondary N) is 3. The fourth-order valence-electron chi connectivity index (χ4n) is 3.07. The number of methoxy groups -OCH3 is 1. The van der Waals surface area contributed by atoms with Crippen LogP contribution in [-0.2, 0) is 16.7 Å². The summed E-state index contributed by atoms with van der Waals surface area (Å²) in [5.41, 5.74) is 3.19. The number of halogens is 2. The minimum absolute atomic E-state index is 0. The largest absolute Gasteiger partial charge is 0.453 e. The lowest BCUT2D eigenvalue weighted by molar-refractivity contribution is 0.187. The van der Waals surface area contributed by atoms with Crippen molar-refractivity contribution < 1.29 is 9.53 Å². The second-order valence-corrected chi connectivity index (χ2v) is 7.32. The minimum Gasteiger partial charge on any atom is -0.453 e. The Morgan fingerprint density at radius 3 is 2.48 bits per heavy atom. The number of hydrogen-bond donors (Lipinski definition) is 3. The van der Waals surface area contributed by atoms with Gasteiger partial charge in [-0.05, 0) is 48.2 Å². The van der Waals surface area contributed by atoms with E-state index in [1.807, 2.05) is 36.4 Å². The number of hydrogen-bond acceptors (Lipinski definition) is 3. The number of aliphatic imine (C=N–C) groups is 1. The number of amides is 1. The highest BCUT2D eigenvalue weighted by molar-refractivity contribution is 14.0. The van der Waals surface area contributed by atoms with Crippen molar-refractivity contribution in [2.24, 2.45) is 4.99 Å². The van der Waals surface area contributed by atoms with E-state index in [-0.39, 0.29) is 29.4 Å². The van der Waals surface area contributed by atoms with Crippen LogP contribution in [0.1, 0.15) is 24.0 Å². The van der Waals surface area contributed by atoms with Crippen molar-refractivity contribution in [3.05, 3.63) is 64.7 Å². The maximum Gasteiger partial charge on any atom is 0.411 e. The highest BCUT2D eigenvalue weighted by Gasteiger charge is 2.44. The van der Waals surface area contributed by atoms with E-state index in [9.17, 15) is 4.79 Å². The highest BCUT2D eigenvalue weighted by atomic mass is 127. The third-order valence-corrected chi connectivity index (χ3v) is 5.19. The van der Waals surface area contributed by atoms with Crippen molar-refractivity contribution in [3.63, 3.8) is 0 Å². The molecule has 6 nitrogen and oxygen atoms in total. The van der Waals surface area contributed by atoms with E-state index in [1.54, 1.807) is 7.05 Å². The van der Waals surface area contributed by atoms with E-state index in [0.29, 0.717) is 12.2 Å². The molecule has 1 aliphatic rings. The molecule has 0 unspecified atom stereocenters. The van der Waals surface area contributed by atoms with Gasteiger partial charge in [0.1, 0.15) is 0 Å². The molecule has 0 spiro atoms. The van der Waals surface area contributed by atoms with Crippen molar-refractivity contribution in [2.45, 2.75) is 24.8 Å². The van der Waals surface area contributed by atoms with Gasteiger partial charge in [0.2, 0.25) is 0 Å². The first-order valence-electron chi connectivity index (χ1n) is 9.19. The quantitative estimate of drug-likeness (QED) is 0.293. The second kappa shape index (κ2) is 10.7. The van der Waals surface area contributed by atoms with E-state index in [0.717, 1.165) is 35.9 Å². The predicted molar refractivity (Wildman–Crippen MR) is 128 cm³/mol. The third-order valence-electron chi connectivity index (χ3n) is 4.95. The maximum absolute atomic E-state index is 11.2. The molecular formula is C21H26ClIN4O2. The normalized spacial score (nSPS) is 14.4. The monoisotopic (exact) mass is 528 g/mol. The Balaban J connectivity index is 0.00000300. The molecule has 2 aromatic rings. The Bertz CT molecular complexity index is 854. The average molecular weight is 529 g/mol. The number of nitrogens with zero attached hydrogens (tertiary/aromatic N) is 1. The van der Waals surface area contributed by atoms with E-state index in [2.05, 4.69) is 37.8 Å². The summed E-state index contributed by atoms with van der Waals surface area (Å²) in [6.45, 7) is 1.44. The topological polar surface area (TPSA) is 74.8 Å². The van der Waals surface area contributed by atoms with Gasteiger partial charge in [0, 0.05) is 36.3 Å². The molecule has 0 aliphatic heterocycles. The van der Waals surface area contributed by atoms with E-state index < -0.39 is 6.09 Å². The van der Waals surface area contributed by atoms with Crippen molar-refractivity contribution >= 4 is 53.3 Å². The Kier molecular flexibility index (Phi) is 8.58. The number of rotatable bonds is 6. The number of carbonyl (C=O) groups is 1. The molecule has 1 fully saturated rings. The van der Waals surface area contributed by atoms with Gasteiger partial charge in [-0.25, -0.2) is 4.79 Å². The zero-order valence-electron chi connectivity index (χ0n) is 16.5. The summed E-state index contributed by atoms with van der Waals surface area (Å²) in [5, 5.41) is 10.2. The van der Waals surface area contributed by atoms with Gasteiger partial charge >= 0.3 is 6.09 Å². The fraction of sp³-hybridized carbons (Fsp3) is 0.333. The molecule has 0 saturated heterocycles. The van der Waals surface area contributed by atoms with Crippen LogP contribution in [0, 0.1) is 0 Å². The van der Waals surface area contributed by atoms with Gasteiger partial charge in [0.15, 0.2) is 5.96 Å². The average Bonchev–Trinajstić information content (AvgIpc) is 3.50. The Labute approximate surface area is 193 Å². The smallest absolute Gasteiger partial charge is 0.411 e. The van der Waals surface area contributed by atoms with Gasteiger partial charge in [0.05, 0.1) is 7.11 Å². The zero-order valence-corrected chi connectivity index (χ0v) is 19.6. The molecule has 3 N–H and O–H groups in total. The third kappa shape index (κ3) is 6.50. The van der Waals surface area contributed by atoms with Crippen LogP contribution in [0.2, 0.25) is 5.02 Å². The van der Waals surface area contributed by atoms with Gasteiger partial charge in [-0.15, -0.1) is 24.0 Å². The van der Waals surface area contributed by atoms with Gasteiger partial charge in [0.25, 0.3) is 0 Å². The van der Waals surface area contributed by atoms with Crippen LogP contribution in [0.25, 0.3) is 0 Å². The molecule has 3 rings (SSSR count). The summed E-state index contributed by atoms with van der Waals surface area (Å²) < 4.78 is 4.58. The van der Waals surface area contributed by atoms with Crippen LogP contribution in [0.3, 0.4) is 0 Å². The number of benzene rings is 2. The van der Waals surface area contributed by atoms with Gasteiger partial charge in [-0.2, -0.15) is 0 Å². The Hall–Kier alpha value is -2.00. The molecule has 0 bridgehead atoms. The lowest BCUT2D eigenvalue weighted by atomic mass is 9.96.